The zero-order valence-corrected chi connectivity index (χ0v) is 19.4. The van der Waals surface area contributed by atoms with Crippen LogP contribution < -0.4 is 0 Å². The number of fused-ring (bicyclic) bond motifs is 2. The van der Waals surface area contributed by atoms with Crippen molar-refractivity contribution >= 4 is 29.5 Å². The Morgan fingerprint density at radius 2 is 1.97 bits per heavy atom. The Hall–Kier alpha value is -1.80. The third-order valence-corrected chi connectivity index (χ3v) is 9.10. The molecule has 0 saturated carbocycles. The number of carbonyl (C=O) groups excluding carboxylic acids is 3. The molecule has 0 aromatic carbocycles. The third-order valence-electron chi connectivity index (χ3n) is 7.35. The minimum atomic E-state index is -0.852. The molecule has 4 aliphatic rings. The Morgan fingerprint density at radius 3 is 2.61 bits per heavy atom. The lowest BCUT2D eigenvalue weighted by Crippen LogP contribution is -2.58. The number of thioether (sulfide) groups is 1. The summed E-state index contributed by atoms with van der Waals surface area (Å²) in [6.07, 6.45) is 8.49. The highest BCUT2D eigenvalue weighted by molar-refractivity contribution is 8.02. The highest BCUT2D eigenvalue weighted by Crippen LogP contribution is 2.61. The van der Waals surface area contributed by atoms with Crippen LogP contribution in [-0.4, -0.2) is 80.6 Å². The zero-order chi connectivity index (χ0) is 22.5. The molecular formula is C23H32N2O5S. The van der Waals surface area contributed by atoms with Crippen molar-refractivity contribution in [2.75, 3.05) is 19.8 Å². The van der Waals surface area contributed by atoms with E-state index in [4.69, 9.17) is 4.74 Å². The van der Waals surface area contributed by atoms with Crippen LogP contribution in [0.3, 0.4) is 0 Å². The first-order chi connectivity index (χ1) is 14.8. The van der Waals surface area contributed by atoms with Crippen molar-refractivity contribution in [3.05, 3.63) is 24.3 Å². The van der Waals surface area contributed by atoms with E-state index in [1.165, 1.54) is 11.8 Å². The molecule has 4 heterocycles. The summed E-state index contributed by atoms with van der Waals surface area (Å²) in [5.74, 6) is -2.03. The van der Waals surface area contributed by atoms with Gasteiger partial charge in [-0.2, -0.15) is 0 Å². The van der Waals surface area contributed by atoms with Crippen LogP contribution in [-0.2, 0) is 19.1 Å². The number of cyclic esters (lactones) is 1. The monoisotopic (exact) mass is 448 g/mol. The zero-order valence-electron chi connectivity index (χ0n) is 18.6. The maximum Gasteiger partial charge on any atom is 0.311 e. The van der Waals surface area contributed by atoms with Crippen molar-refractivity contribution in [1.82, 2.24) is 9.80 Å². The number of likely N-dealkylation sites (tertiary alicyclic amines) is 1. The molecule has 0 radical (unpaired) electrons. The summed E-state index contributed by atoms with van der Waals surface area (Å²) in [6.45, 7) is 8.38. The maximum absolute atomic E-state index is 14.0. The topological polar surface area (TPSA) is 87.2 Å². The van der Waals surface area contributed by atoms with Crippen LogP contribution in [0.1, 0.15) is 34.1 Å². The van der Waals surface area contributed by atoms with Crippen LogP contribution in [0.2, 0.25) is 0 Å². The van der Waals surface area contributed by atoms with Crippen molar-refractivity contribution < 1.29 is 24.2 Å². The molecule has 1 unspecified atom stereocenters. The Balaban J connectivity index is 1.88. The Morgan fingerprint density at radius 1 is 1.23 bits per heavy atom. The second kappa shape index (κ2) is 8.28. The number of aliphatic hydroxyl groups is 1. The van der Waals surface area contributed by atoms with Crippen LogP contribution >= 0.6 is 11.8 Å². The number of carbonyl (C=O) groups is 3. The van der Waals surface area contributed by atoms with E-state index in [-0.39, 0.29) is 48.2 Å². The van der Waals surface area contributed by atoms with Crippen LogP contribution in [0.15, 0.2) is 24.3 Å². The molecule has 1 spiro atoms. The molecule has 7 nitrogen and oxygen atoms in total. The summed E-state index contributed by atoms with van der Waals surface area (Å²) < 4.78 is 4.53. The van der Waals surface area contributed by atoms with Gasteiger partial charge in [0.1, 0.15) is 12.6 Å². The van der Waals surface area contributed by atoms with Crippen molar-refractivity contribution in [1.29, 1.82) is 0 Å². The minimum Gasteiger partial charge on any atom is -0.461 e. The largest absolute Gasteiger partial charge is 0.461 e. The highest BCUT2D eigenvalue weighted by Gasteiger charge is 2.72. The van der Waals surface area contributed by atoms with Crippen LogP contribution in [0.5, 0.6) is 0 Å². The summed E-state index contributed by atoms with van der Waals surface area (Å²) >= 11 is 1.53. The first kappa shape index (κ1) is 22.4. The number of aliphatic hydroxyl groups excluding tert-OH is 1. The maximum atomic E-state index is 14.0. The molecule has 4 rings (SSSR count). The van der Waals surface area contributed by atoms with E-state index in [0.717, 1.165) is 6.42 Å². The van der Waals surface area contributed by atoms with Crippen molar-refractivity contribution in [2.45, 2.75) is 62.2 Å². The molecule has 7 atom stereocenters. The van der Waals surface area contributed by atoms with Gasteiger partial charge in [0.05, 0.1) is 29.2 Å². The lowest BCUT2D eigenvalue weighted by molar-refractivity contribution is -0.152. The van der Waals surface area contributed by atoms with Gasteiger partial charge in [-0.3, -0.25) is 14.4 Å². The first-order valence-corrected chi connectivity index (χ1v) is 12.1. The van der Waals surface area contributed by atoms with Gasteiger partial charge >= 0.3 is 5.97 Å². The van der Waals surface area contributed by atoms with Gasteiger partial charge in [0.2, 0.25) is 11.8 Å². The standard InChI is InChI=1S/C23H32N2O5S/c1-5-14(4)15(12-26)25-19-21(28)24(13(2)3)10-7-9-23(19)18(20(25)27)17-16(31-23)8-6-11-30-22(17)29/h6-9,13-19,26H,5,10-12H2,1-4H3/t14-,15-,16+,17-,18-,19?,23-/m0/s1. The van der Waals surface area contributed by atoms with Gasteiger partial charge in [-0.25, -0.2) is 0 Å². The molecule has 1 N–H and O–H groups in total. The molecule has 0 aliphatic carbocycles. The van der Waals surface area contributed by atoms with Gasteiger partial charge in [0, 0.05) is 17.8 Å². The van der Waals surface area contributed by atoms with E-state index in [1.54, 1.807) is 9.80 Å². The average molecular weight is 449 g/mol. The highest BCUT2D eigenvalue weighted by atomic mass is 32.2. The van der Waals surface area contributed by atoms with Gasteiger partial charge in [0.15, 0.2) is 0 Å². The summed E-state index contributed by atoms with van der Waals surface area (Å²) in [5.41, 5.74) is 0. The van der Waals surface area contributed by atoms with E-state index in [9.17, 15) is 19.5 Å². The molecule has 4 aliphatic heterocycles. The number of nitrogens with zero attached hydrogens (tertiary/aromatic N) is 2. The molecule has 31 heavy (non-hydrogen) atoms. The van der Waals surface area contributed by atoms with E-state index in [1.807, 2.05) is 52.0 Å². The first-order valence-electron chi connectivity index (χ1n) is 11.2. The van der Waals surface area contributed by atoms with Gasteiger partial charge in [-0.15, -0.1) is 11.8 Å². The van der Waals surface area contributed by atoms with Crippen LogP contribution in [0, 0.1) is 17.8 Å². The normalized spacial score (nSPS) is 36.6. The molecule has 170 valence electrons. The smallest absolute Gasteiger partial charge is 0.311 e. The predicted molar refractivity (Wildman–Crippen MR) is 118 cm³/mol. The SMILES string of the molecule is CC[C@H](C)[C@H](CO)N1C(=O)[C@@H]2[C@H]3C(=O)OCC=C[C@H]3S[C@@]23C=CCN(C(C)C)C(=O)C13. The lowest BCUT2D eigenvalue weighted by Gasteiger charge is -2.41. The van der Waals surface area contributed by atoms with Crippen molar-refractivity contribution in [3.63, 3.8) is 0 Å². The minimum absolute atomic E-state index is 0.0131. The van der Waals surface area contributed by atoms with Crippen LogP contribution in [0.4, 0.5) is 0 Å². The summed E-state index contributed by atoms with van der Waals surface area (Å²) in [6, 6.07) is -1.26. The van der Waals surface area contributed by atoms with Crippen molar-refractivity contribution in [3.8, 4) is 0 Å². The van der Waals surface area contributed by atoms with Gasteiger partial charge in [-0.05, 0) is 19.8 Å². The summed E-state index contributed by atoms with van der Waals surface area (Å²) in [4.78, 5) is 44.2. The molecule has 0 aromatic rings. The number of hydrogen-bond donors (Lipinski definition) is 1. The number of amides is 2. The Kier molecular flexibility index (Phi) is 5.98. The second-order valence-electron chi connectivity index (χ2n) is 9.27. The molecule has 0 aromatic heterocycles. The van der Waals surface area contributed by atoms with Gasteiger partial charge < -0.3 is 19.6 Å². The molecule has 2 saturated heterocycles. The Labute approximate surface area is 187 Å². The average Bonchev–Trinajstić information content (AvgIpc) is 3.03. The fraction of sp³-hybridized carbons (Fsp3) is 0.696. The van der Waals surface area contributed by atoms with E-state index in [2.05, 4.69) is 0 Å². The lowest BCUT2D eigenvalue weighted by atomic mass is 9.78. The summed E-state index contributed by atoms with van der Waals surface area (Å²) in [7, 11) is 0. The molecule has 2 fully saturated rings. The van der Waals surface area contributed by atoms with E-state index < -0.39 is 28.7 Å². The molecule has 2 amide bonds. The van der Waals surface area contributed by atoms with Gasteiger partial charge in [0.25, 0.3) is 0 Å². The number of esters is 1. The molecule has 0 bridgehead atoms. The Bertz CT molecular complexity index is 827. The second-order valence-corrected chi connectivity index (χ2v) is 10.8. The summed E-state index contributed by atoms with van der Waals surface area (Å²) in [5, 5.41) is 10.1. The number of ether oxygens (including phenoxy) is 1. The fourth-order valence-corrected chi connectivity index (χ4v) is 7.55. The fourth-order valence-electron chi connectivity index (χ4n) is 5.56. The van der Waals surface area contributed by atoms with Crippen LogP contribution in [0.25, 0.3) is 0 Å². The molecule has 8 heteroatoms. The third kappa shape index (κ3) is 3.25. The van der Waals surface area contributed by atoms with Gasteiger partial charge in [-0.1, -0.05) is 44.6 Å². The molecular weight excluding hydrogens is 416 g/mol. The predicted octanol–water partition coefficient (Wildman–Crippen LogP) is 1.61. The number of hydrogen-bond acceptors (Lipinski definition) is 6. The number of rotatable bonds is 5. The van der Waals surface area contributed by atoms with E-state index in [0.29, 0.717) is 6.54 Å². The van der Waals surface area contributed by atoms with E-state index >= 15 is 0 Å². The quantitative estimate of drug-likeness (QED) is 0.508. The van der Waals surface area contributed by atoms with Crippen molar-refractivity contribution in [2.24, 2.45) is 17.8 Å².